The van der Waals surface area contributed by atoms with Gasteiger partial charge in [-0.1, -0.05) is 6.92 Å². The minimum atomic E-state index is 0.550. The second kappa shape index (κ2) is 4.39. The van der Waals surface area contributed by atoms with Crippen molar-refractivity contribution in [1.82, 2.24) is 14.3 Å². The van der Waals surface area contributed by atoms with E-state index >= 15 is 0 Å². The molecule has 80 valence electrons. The molecule has 0 fully saturated rings. The number of nitrogens with one attached hydrogen (secondary N) is 1. The van der Waals surface area contributed by atoms with E-state index in [0.717, 1.165) is 23.1 Å². The number of aromatic nitrogens is 3. The zero-order valence-corrected chi connectivity index (χ0v) is 9.47. The number of oxazole rings is 1. The lowest BCUT2D eigenvalue weighted by Crippen LogP contribution is -1.98. The average molecular weight is 224 g/mol. The molecule has 0 unspecified atom stereocenters. The van der Waals surface area contributed by atoms with Crippen LogP contribution >= 0.6 is 11.5 Å². The molecule has 0 aliphatic rings. The van der Waals surface area contributed by atoms with Crippen LogP contribution in [0.4, 0.5) is 5.13 Å². The highest BCUT2D eigenvalue weighted by atomic mass is 32.1. The van der Waals surface area contributed by atoms with Gasteiger partial charge in [0.25, 0.3) is 0 Å². The monoisotopic (exact) mass is 224 g/mol. The largest absolute Gasteiger partial charge is 0.444 e. The van der Waals surface area contributed by atoms with Crippen molar-refractivity contribution in [3.05, 3.63) is 23.7 Å². The summed E-state index contributed by atoms with van der Waals surface area (Å²) >= 11 is 1.34. The van der Waals surface area contributed by atoms with Crippen LogP contribution in [-0.4, -0.2) is 14.3 Å². The molecule has 5 nitrogen and oxygen atoms in total. The zero-order valence-electron chi connectivity index (χ0n) is 8.65. The Morgan fingerprint density at radius 2 is 2.40 bits per heavy atom. The zero-order chi connectivity index (χ0) is 10.7. The first-order chi connectivity index (χ1) is 7.28. The molecule has 0 aliphatic carbocycles. The van der Waals surface area contributed by atoms with E-state index in [9.17, 15) is 0 Å². The fourth-order valence-corrected chi connectivity index (χ4v) is 1.68. The van der Waals surface area contributed by atoms with Crippen molar-refractivity contribution in [2.24, 2.45) is 0 Å². The summed E-state index contributed by atoms with van der Waals surface area (Å²) in [4.78, 5) is 8.32. The molecule has 0 aliphatic heterocycles. The van der Waals surface area contributed by atoms with Crippen molar-refractivity contribution in [3.63, 3.8) is 0 Å². The second-order valence-electron chi connectivity index (χ2n) is 3.07. The van der Waals surface area contributed by atoms with E-state index in [-0.39, 0.29) is 0 Å². The lowest BCUT2D eigenvalue weighted by atomic mass is 10.4. The molecule has 2 aromatic rings. The van der Waals surface area contributed by atoms with Crippen LogP contribution in [0, 0.1) is 6.92 Å². The van der Waals surface area contributed by atoms with Crippen LogP contribution < -0.4 is 5.32 Å². The van der Waals surface area contributed by atoms with E-state index in [1.54, 1.807) is 6.20 Å². The minimum absolute atomic E-state index is 0.550. The third-order valence-electron chi connectivity index (χ3n) is 1.87. The smallest absolute Gasteiger partial charge is 0.213 e. The summed E-state index contributed by atoms with van der Waals surface area (Å²) in [6.07, 6.45) is 2.62. The molecule has 0 bridgehead atoms. The Balaban J connectivity index is 1.93. The Labute approximate surface area is 91.7 Å². The van der Waals surface area contributed by atoms with Crippen LogP contribution in [0.5, 0.6) is 0 Å². The molecule has 0 amide bonds. The SMILES string of the molecule is CCc1cnc(CNc2nc(C)ns2)o1. The molecule has 0 atom stereocenters. The van der Waals surface area contributed by atoms with E-state index < -0.39 is 0 Å². The Bertz CT molecular complexity index is 437. The molecule has 2 aromatic heterocycles. The number of aryl methyl sites for hydroxylation is 2. The highest BCUT2D eigenvalue weighted by molar-refractivity contribution is 7.09. The van der Waals surface area contributed by atoms with Gasteiger partial charge < -0.3 is 9.73 Å². The van der Waals surface area contributed by atoms with Gasteiger partial charge in [0.1, 0.15) is 11.6 Å². The van der Waals surface area contributed by atoms with Crippen LogP contribution in [0.3, 0.4) is 0 Å². The average Bonchev–Trinajstić information content (AvgIpc) is 2.83. The lowest BCUT2D eigenvalue weighted by Gasteiger charge is -1.96. The van der Waals surface area contributed by atoms with Crippen molar-refractivity contribution in [1.29, 1.82) is 0 Å². The third kappa shape index (κ3) is 2.53. The van der Waals surface area contributed by atoms with Gasteiger partial charge in [-0.2, -0.15) is 4.37 Å². The summed E-state index contributed by atoms with van der Waals surface area (Å²) < 4.78 is 9.51. The molecule has 2 rings (SSSR count). The molecule has 0 radical (unpaired) electrons. The molecule has 0 saturated heterocycles. The van der Waals surface area contributed by atoms with Gasteiger partial charge in [0.15, 0.2) is 0 Å². The number of hydrogen-bond acceptors (Lipinski definition) is 6. The van der Waals surface area contributed by atoms with Gasteiger partial charge in [-0.05, 0) is 6.92 Å². The maximum Gasteiger partial charge on any atom is 0.213 e. The van der Waals surface area contributed by atoms with Crippen molar-refractivity contribution in [3.8, 4) is 0 Å². The van der Waals surface area contributed by atoms with E-state index in [2.05, 4.69) is 19.7 Å². The maximum atomic E-state index is 5.44. The van der Waals surface area contributed by atoms with Gasteiger partial charge in [-0.15, -0.1) is 0 Å². The van der Waals surface area contributed by atoms with Crippen molar-refractivity contribution in [2.45, 2.75) is 26.8 Å². The number of anilines is 1. The van der Waals surface area contributed by atoms with Crippen LogP contribution in [0.15, 0.2) is 10.6 Å². The highest BCUT2D eigenvalue weighted by Crippen LogP contribution is 2.12. The topological polar surface area (TPSA) is 63.8 Å². The van der Waals surface area contributed by atoms with Crippen LogP contribution in [-0.2, 0) is 13.0 Å². The van der Waals surface area contributed by atoms with Gasteiger partial charge in [0.05, 0.1) is 12.7 Å². The first kappa shape index (κ1) is 10.1. The predicted molar refractivity (Wildman–Crippen MR) is 57.9 cm³/mol. The Morgan fingerprint density at radius 3 is 3.00 bits per heavy atom. The van der Waals surface area contributed by atoms with Gasteiger partial charge in [0.2, 0.25) is 11.0 Å². The molecular formula is C9H12N4OS. The molecule has 2 heterocycles. The number of rotatable bonds is 4. The predicted octanol–water partition coefficient (Wildman–Crippen LogP) is 2.01. The lowest BCUT2D eigenvalue weighted by molar-refractivity contribution is 0.466. The van der Waals surface area contributed by atoms with Crippen LogP contribution in [0.2, 0.25) is 0 Å². The van der Waals surface area contributed by atoms with Crippen molar-refractivity contribution < 1.29 is 4.42 Å². The standard InChI is InChI=1S/C9H12N4OS/c1-3-7-4-10-8(14-7)5-11-9-12-6(2)13-15-9/h4H,3,5H2,1-2H3,(H,11,12,13). The summed E-state index contributed by atoms with van der Waals surface area (Å²) in [6.45, 7) is 4.45. The Kier molecular flexibility index (Phi) is 2.96. The van der Waals surface area contributed by atoms with E-state index in [4.69, 9.17) is 4.42 Å². The Morgan fingerprint density at radius 1 is 1.53 bits per heavy atom. The van der Waals surface area contributed by atoms with Crippen molar-refractivity contribution >= 4 is 16.7 Å². The highest BCUT2D eigenvalue weighted by Gasteiger charge is 2.04. The van der Waals surface area contributed by atoms with Gasteiger partial charge in [-0.3, -0.25) is 0 Å². The Hall–Kier alpha value is -1.43. The summed E-state index contributed by atoms with van der Waals surface area (Å²) in [5, 5.41) is 3.90. The van der Waals surface area contributed by atoms with Gasteiger partial charge in [-0.25, -0.2) is 9.97 Å². The van der Waals surface area contributed by atoms with Gasteiger partial charge in [0, 0.05) is 18.0 Å². The number of nitrogens with zero attached hydrogens (tertiary/aromatic N) is 3. The summed E-state index contributed by atoms with van der Waals surface area (Å²) in [5.41, 5.74) is 0. The molecule has 0 saturated carbocycles. The van der Waals surface area contributed by atoms with Crippen LogP contribution in [0.1, 0.15) is 24.4 Å². The maximum absolute atomic E-state index is 5.44. The van der Waals surface area contributed by atoms with Crippen LogP contribution in [0.25, 0.3) is 0 Å². The quantitative estimate of drug-likeness (QED) is 0.860. The van der Waals surface area contributed by atoms with Gasteiger partial charge >= 0.3 is 0 Å². The van der Waals surface area contributed by atoms with Crippen molar-refractivity contribution in [2.75, 3.05) is 5.32 Å². The molecule has 6 heteroatoms. The summed E-state index contributed by atoms with van der Waals surface area (Å²) in [7, 11) is 0. The molecule has 15 heavy (non-hydrogen) atoms. The minimum Gasteiger partial charge on any atom is -0.444 e. The third-order valence-corrected chi connectivity index (χ3v) is 2.63. The molecule has 0 spiro atoms. The summed E-state index contributed by atoms with van der Waals surface area (Å²) in [5.74, 6) is 2.36. The molecule has 1 N–H and O–H groups in total. The van der Waals surface area contributed by atoms with E-state index in [1.165, 1.54) is 11.5 Å². The molecular weight excluding hydrogens is 212 g/mol. The fraction of sp³-hybridized carbons (Fsp3) is 0.444. The second-order valence-corrected chi connectivity index (χ2v) is 3.83. The normalized spacial score (nSPS) is 10.5. The fourth-order valence-electron chi connectivity index (χ4n) is 1.11. The molecule has 0 aromatic carbocycles. The van der Waals surface area contributed by atoms with E-state index in [1.807, 2.05) is 13.8 Å². The first-order valence-corrected chi connectivity index (χ1v) is 5.53. The van der Waals surface area contributed by atoms with E-state index in [0.29, 0.717) is 12.4 Å². The first-order valence-electron chi connectivity index (χ1n) is 4.75. The summed E-state index contributed by atoms with van der Waals surface area (Å²) in [6, 6.07) is 0. The number of hydrogen-bond donors (Lipinski definition) is 1.